The van der Waals surface area contributed by atoms with Crippen molar-refractivity contribution in [3.05, 3.63) is 23.2 Å². The maximum atomic E-state index is 12.4. The molecule has 2 aromatic rings. The highest BCUT2D eigenvalue weighted by Crippen LogP contribution is 2.33. The van der Waals surface area contributed by atoms with Crippen LogP contribution in [0.1, 0.15) is 13.8 Å². The van der Waals surface area contributed by atoms with Gasteiger partial charge in [0.25, 0.3) is 0 Å². The number of ether oxygens (including phenoxy) is 1. The molecular weight excluding hydrogens is 444 g/mol. The highest BCUT2D eigenvalue weighted by atomic mass is 35.5. The second-order valence-electron chi connectivity index (χ2n) is 6.21. The van der Waals surface area contributed by atoms with Crippen LogP contribution in [0.15, 0.2) is 22.5 Å². The standard InChI is InChI=1S/C16H21ClN4O4S3/c1-10(2)9-26-16-20-19-15(27-16)18-14(22)8-21(28(4,23)24)12-7-11(17)5-6-13(12)25-3/h5-7,10H,8-9H2,1-4H3,(H,18,19,22). The van der Waals surface area contributed by atoms with Crippen LogP contribution >= 0.6 is 34.7 Å². The Bertz CT molecular complexity index is 934. The molecule has 0 bridgehead atoms. The van der Waals surface area contributed by atoms with Crippen molar-refractivity contribution < 1.29 is 17.9 Å². The zero-order valence-corrected chi connectivity index (χ0v) is 19.0. The first-order chi connectivity index (χ1) is 13.1. The predicted molar refractivity (Wildman–Crippen MR) is 114 cm³/mol. The van der Waals surface area contributed by atoms with Gasteiger partial charge in [-0.25, -0.2) is 8.42 Å². The van der Waals surface area contributed by atoms with Crippen molar-refractivity contribution in [1.82, 2.24) is 10.2 Å². The summed E-state index contributed by atoms with van der Waals surface area (Å²) < 4.78 is 31.4. The number of methoxy groups -OCH3 is 1. The molecule has 154 valence electrons. The second kappa shape index (κ2) is 9.77. The number of anilines is 2. The molecule has 28 heavy (non-hydrogen) atoms. The molecule has 0 radical (unpaired) electrons. The van der Waals surface area contributed by atoms with Crippen molar-refractivity contribution in [2.45, 2.75) is 18.2 Å². The third-order valence-corrected chi connectivity index (χ3v) is 7.05. The van der Waals surface area contributed by atoms with Gasteiger partial charge in [0.1, 0.15) is 12.3 Å². The lowest BCUT2D eigenvalue weighted by Gasteiger charge is -2.23. The molecule has 1 N–H and O–H groups in total. The molecule has 0 aliphatic heterocycles. The topological polar surface area (TPSA) is 101 Å². The number of benzene rings is 1. The summed E-state index contributed by atoms with van der Waals surface area (Å²) >= 11 is 8.79. The summed E-state index contributed by atoms with van der Waals surface area (Å²) in [6.07, 6.45) is 1.01. The van der Waals surface area contributed by atoms with Crippen molar-refractivity contribution in [1.29, 1.82) is 0 Å². The summed E-state index contributed by atoms with van der Waals surface area (Å²) in [6.45, 7) is 3.74. The van der Waals surface area contributed by atoms with E-state index in [-0.39, 0.29) is 11.4 Å². The fraction of sp³-hybridized carbons (Fsp3) is 0.438. The fourth-order valence-electron chi connectivity index (χ4n) is 2.08. The molecule has 0 saturated carbocycles. The Hall–Kier alpha value is -1.56. The zero-order valence-electron chi connectivity index (χ0n) is 15.8. The van der Waals surface area contributed by atoms with Crippen LogP contribution in [0.5, 0.6) is 5.75 Å². The molecule has 0 atom stereocenters. The quantitative estimate of drug-likeness (QED) is 0.448. The van der Waals surface area contributed by atoms with Crippen LogP contribution in [0.3, 0.4) is 0 Å². The van der Waals surface area contributed by atoms with Gasteiger partial charge in [-0.1, -0.05) is 48.5 Å². The van der Waals surface area contributed by atoms with Gasteiger partial charge in [0.05, 0.1) is 19.1 Å². The molecule has 0 saturated heterocycles. The number of hydrogen-bond donors (Lipinski definition) is 1. The van der Waals surface area contributed by atoms with Crippen LogP contribution in [0.2, 0.25) is 5.02 Å². The van der Waals surface area contributed by atoms with E-state index in [1.54, 1.807) is 17.8 Å². The van der Waals surface area contributed by atoms with Crippen molar-refractivity contribution in [3.8, 4) is 5.75 Å². The lowest BCUT2D eigenvalue weighted by Crippen LogP contribution is -2.37. The zero-order chi connectivity index (χ0) is 20.9. The molecule has 0 unspecified atom stereocenters. The first-order valence-electron chi connectivity index (χ1n) is 8.17. The van der Waals surface area contributed by atoms with E-state index in [2.05, 4.69) is 29.4 Å². The number of thioether (sulfide) groups is 1. The molecule has 0 fully saturated rings. The van der Waals surface area contributed by atoms with Crippen LogP contribution in [-0.4, -0.2) is 50.2 Å². The molecule has 0 aliphatic carbocycles. The minimum atomic E-state index is -3.77. The Labute approximate surface area is 177 Å². The summed E-state index contributed by atoms with van der Waals surface area (Å²) in [5.41, 5.74) is 0.179. The number of hydrogen-bond acceptors (Lipinski definition) is 8. The van der Waals surface area contributed by atoms with Gasteiger partial charge in [-0.15, -0.1) is 10.2 Å². The van der Waals surface area contributed by atoms with E-state index >= 15 is 0 Å². The van der Waals surface area contributed by atoms with Gasteiger partial charge < -0.3 is 4.74 Å². The number of rotatable bonds is 9. The molecule has 1 heterocycles. The lowest BCUT2D eigenvalue weighted by atomic mass is 10.3. The van der Waals surface area contributed by atoms with E-state index in [0.717, 1.165) is 20.7 Å². The van der Waals surface area contributed by atoms with E-state index < -0.39 is 22.5 Å². The molecule has 0 aliphatic rings. The highest BCUT2D eigenvalue weighted by molar-refractivity contribution is 8.01. The van der Waals surface area contributed by atoms with Crippen LogP contribution in [0.4, 0.5) is 10.8 Å². The molecule has 1 amide bonds. The summed E-state index contributed by atoms with van der Waals surface area (Å²) in [5, 5.41) is 11.2. The number of aromatic nitrogens is 2. The summed E-state index contributed by atoms with van der Waals surface area (Å²) in [5.74, 6) is 1.12. The SMILES string of the molecule is COc1ccc(Cl)cc1N(CC(=O)Nc1nnc(SCC(C)C)s1)S(C)(=O)=O. The Kier molecular flexibility index (Phi) is 7.93. The molecule has 0 spiro atoms. The average Bonchev–Trinajstić information content (AvgIpc) is 3.04. The summed E-state index contributed by atoms with van der Waals surface area (Å²) in [4.78, 5) is 12.4. The van der Waals surface area contributed by atoms with Crippen LogP contribution in [0, 0.1) is 5.92 Å². The first-order valence-corrected chi connectivity index (χ1v) is 12.2. The molecule has 1 aromatic carbocycles. The summed E-state index contributed by atoms with van der Waals surface area (Å²) in [6, 6.07) is 4.54. The Morgan fingerprint density at radius 3 is 2.71 bits per heavy atom. The second-order valence-corrected chi connectivity index (χ2v) is 10.8. The first kappa shape index (κ1) is 22.7. The molecule has 8 nitrogen and oxygen atoms in total. The third-order valence-electron chi connectivity index (χ3n) is 3.29. The number of amides is 1. The maximum Gasteiger partial charge on any atom is 0.246 e. The predicted octanol–water partition coefficient (Wildman–Crippen LogP) is 3.35. The van der Waals surface area contributed by atoms with E-state index in [1.807, 2.05) is 0 Å². The van der Waals surface area contributed by atoms with Crippen LogP contribution in [0.25, 0.3) is 0 Å². The van der Waals surface area contributed by atoms with Gasteiger partial charge in [0.15, 0.2) is 4.34 Å². The number of nitrogens with one attached hydrogen (secondary N) is 1. The van der Waals surface area contributed by atoms with E-state index in [4.69, 9.17) is 16.3 Å². The number of halogens is 1. The monoisotopic (exact) mass is 464 g/mol. The molecule has 1 aromatic heterocycles. The van der Waals surface area contributed by atoms with Crippen LogP contribution in [-0.2, 0) is 14.8 Å². The minimum Gasteiger partial charge on any atom is -0.495 e. The largest absolute Gasteiger partial charge is 0.495 e. The normalized spacial score (nSPS) is 11.5. The Morgan fingerprint density at radius 2 is 2.11 bits per heavy atom. The molecular formula is C16H21ClN4O4S3. The van der Waals surface area contributed by atoms with E-state index in [9.17, 15) is 13.2 Å². The van der Waals surface area contributed by atoms with Crippen LogP contribution < -0.4 is 14.4 Å². The van der Waals surface area contributed by atoms with E-state index in [0.29, 0.717) is 16.1 Å². The van der Waals surface area contributed by atoms with Gasteiger partial charge in [0.2, 0.25) is 21.1 Å². The third kappa shape index (κ3) is 6.50. The van der Waals surface area contributed by atoms with Crippen molar-refractivity contribution in [2.24, 2.45) is 5.92 Å². The number of nitrogens with zero attached hydrogens (tertiary/aromatic N) is 3. The van der Waals surface area contributed by atoms with Gasteiger partial charge in [-0.3, -0.25) is 14.4 Å². The van der Waals surface area contributed by atoms with Crippen molar-refractivity contribution >= 4 is 61.4 Å². The van der Waals surface area contributed by atoms with Gasteiger partial charge in [0, 0.05) is 10.8 Å². The van der Waals surface area contributed by atoms with Crippen molar-refractivity contribution in [3.63, 3.8) is 0 Å². The van der Waals surface area contributed by atoms with Crippen molar-refractivity contribution in [2.75, 3.05) is 35.3 Å². The lowest BCUT2D eigenvalue weighted by molar-refractivity contribution is -0.114. The molecule has 12 heteroatoms. The van der Waals surface area contributed by atoms with Gasteiger partial charge in [-0.2, -0.15) is 0 Å². The fourth-order valence-corrected chi connectivity index (χ4v) is 4.85. The Morgan fingerprint density at radius 1 is 1.39 bits per heavy atom. The maximum absolute atomic E-state index is 12.4. The number of carbonyl (C=O) groups is 1. The Balaban J connectivity index is 2.16. The highest BCUT2D eigenvalue weighted by Gasteiger charge is 2.25. The average molecular weight is 465 g/mol. The van der Waals surface area contributed by atoms with E-state index in [1.165, 1.54) is 30.6 Å². The summed E-state index contributed by atoms with van der Waals surface area (Å²) in [7, 11) is -2.36. The van der Waals surface area contributed by atoms with Gasteiger partial charge >= 0.3 is 0 Å². The number of sulfonamides is 1. The smallest absolute Gasteiger partial charge is 0.246 e. The van der Waals surface area contributed by atoms with Gasteiger partial charge in [-0.05, 0) is 24.1 Å². The minimum absolute atomic E-state index is 0.179. The number of carbonyl (C=O) groups excluding carboxylic acids is 1. The molecule has 2 rings (SSSR count).